The molecule has 0 amide bonds. The molecule has 2 unspecified atom stereocenters. The van der Waals surface area contributed by atoms with Gasteiger partial charge in [0.05, 0.1) is 24.9 Å². The van der Waals surface area contributed by atoms with Crippen molar-refractivity contribution >= 4 is 11.8 Å². The molecule has 0 bridgehead atoms. The molecule has 9 nitrogen and oxygen atoms in total. The van der Waals surface area contributed by atoms with Gasteiger partial charge in [-0.1, -0.05) is 0 Å². The average molecular weight is 379 g/mol. The molecular weight excluding hydrogens is 358 g/mol. The minimum Gasteiger partial charge on any atom is -0.377 e. The first-order valence-corrected chi connectivity index (χ1v) is 8.97. The summed E-state index contributed by atoms with van der Waals surface area (Å²) >= 11 is 0. The largest absolute Gasteiger partial charge is 0.377 e. The zero-order valence-corrected chi connectivity index (χ0v) is 15.7. The lowest BCUT2D eigenvalue weighted by Gasteiger charge is -2.21. The van der Waals surface area contributed by atoms with E-state index in [4.69, 9.17) is 4.74 Å². The van der Waals surface area contributed by atoms with E-state index in [1.165, 1.54) is 10.7 Å². The van der Waals surface area contributed by atoms with Crippen molar-refractivity contribution in [3.63, 3.8) is 0 Å². The zero-order valence-electron chi connectivity index (χ0n) is 15.7. The maximum Gasteiger partial charge on any atom is 0.267 e. The molecule has 9 heteroatoms. The third-order valence-corrected chi connectivity index (χ3v) is 4.54. The van der Waals surface area contributed by atoms with E-state index >= 15 is 0 Å². The number of nitrogens with one attached hydrogen (secondary N) is 1. The lowest BCUT2D eigenvalue weighted by atomic mass is 10.1. The van der Waals surface area contributed by atoms with Crippen LogP contribution in [-0.4, -0.2) is 58.1 Å². The maximum atomic E-state index is 12.5. The van der Waals surface area contributed by atoms with Gasteiger partial charge in [-0.05, 0) is 24.3 Å². The van der Waals surface area contributed by atoms with Gasteiger partial charge in [-0.25, -0.2) is 9.67 Å². The minimum atomic E-state index is -0.243. The van der Waals surface area contributed by atoms with Crippen molar-refractivity contribution in [3.8, 4) is 11.3 Å². The van der Waals surface area contributed by atoms with Crippen LogP contribution in [0.3, 0.4) is 0 Å². The zero-order chi connectivity index (χ0) is 19.5. The molecule has 0 saturated carbocycles. The number of aromatic nitrogens is 5. The molecule has 1 N–H and O–H groups in total. The number of ether oxygens (including phenoxy) is 1. The Balaban J connectivity index is 1.62. The van der Waals surface area contributed by atoms with Crippen LogP contribution in [0.5, 0.6) is 0 Å². The van der Waals surface area contributed by atoms with E-state index in [9.17, 15) is 4.79 Å². The average Bonchev–Trinajstić information content (AvgIpc) is 3.17. The van der Waals surface area contributed by atoms with Crippen molar-refractivity contribution in [2.75, 3.05) is 37.5 Å². The smallest absolute Gasteiger partial charge is 0.267 e. The van der Waals surface area contributed by atoms with Gasteiger partial charge in [0.25, 0.3) is 5.56 Å². The van der Waals surface area contributed by atoms with Crippen LogP contribution in [-0.2, 0) is 4.74 Å². The third kappa shape index (κ3) is 3.70. The number of hydrogen-bond acceptors (Lipinski definition) is 8. The summed E-state index contributed by atoms with van der Waals surface area (Å²) in [5.74, 6) is 1.29. The molecule has 0 aromatic carbocycles. The first-order valence-electron chi connectivity index (χ1n) is 8.97. The molecule has 3 aromatic heterocycles. The normalized spacial score (nSPS) is 18.8. The molecule has 28 heavy (non-hydrogen) atoms. The summed E-state index contributed by atoms with van der Waals surface area (Å²) in [4.78, 5) is 27.1. The van der Waals surface area contributed by atoms with E-state index < -0.39 is 0 Å². The summed E-state index contributed by atoms with van der Waals surface area (Å²) in [6.07, 6.45) is 5.10. The second kappa shape index (κ2) is 7.73. The van der Waals surface area contributed by atoms with Crippen molar-refractivity contribution < 1.29 is 4.74 Å². The van der Waals surface area contributed by atoms with Gasteiger partial charge in [0.2, 0.25) is 5.95 Å². The number of rotatable bonds is 5. The van der Waals surface area contributed by atoms with Gasteiger partial charge < -0.3 is 15.0 Å². The van der Waals surface area contributed by atoms with Gasteiger partial charge >= 0.3 is 0 Å². The molecule has 1 saturated heterocycles. The fraction of sp³-hybridized carbons (Fsp3) is 0.316. The molecule has 0 radical (unpaired) electrons. The van der Waals surface area contributed by atoms with Crippen LogP contribution in [0.4, 0.5) is 11.8 Å². The third-order valence-electron chi connectivity index (χ3n) is 4.54. The molecule has 3 aromatic rings. The van der Waals surface area contributed by atoms with Crippen LogP contribution in [0.1, 0.15) is 6.04 Å². The lowest BCUT2D eigenvalue weighted by molar-refractivity contribution is 0.183. The molecule has 1 aliphatic heterocycles. The molecule has 4 rings (SSSR count). The van der Waals surface area contributed by atoms with E-state index in [2.05, 4.69) is 25.4 Å². The van der Waals surface area contributed by atoms with Gasteiger partial charge in [-0.3, -0.25) is 9.78 Å². The number of hydrogen-bond donors (Lipinski definition) is 1. The second-order valence-corrected chi connectivity index (χ2v) is 6.73. The Hall–Kier alpha value is -3.33. The van der Waals surface area contributed by atoms with E-state index in [0.717, 1.165) is 5.56 Å². The minimum absolute atomic E-state index is 0.136. The Morgan fingerprint density at radius 3 is 2.71 bits per heavy atom. The highest BCUT2D eigenvalue weighted by atomic mass is 16.5. The fourth-order valence-corrected chi connectivity index (χ4v) is 3.10. The predicted octanol–water partition coefficient (Wildman–Crippen LogP) is 1.21. The fourth-order valence-electron chi connectivity index (χ4n) is 3.10. The quantitative estimate of drug-likeness (QED) is 0.706. The van der Waals surface area contributed by atoms with Crippen molar-refractivity contribution in [2.45, 2.75) is 12.1 Å². The molecular formula is C19H21N7O2. The molecule has 4 heterocycles. The van der Waals surface area contributed by atoms with Gasteiger partial charge in [-0.2, -0.15) is 10.1 Å². The summed E-state index contributed by atoms with van der Waals surface area (Å²) in [6.45, 7) is 0.857. The summed E-state index contributed by atoms with van der Waals surface area (Å²) < 4.78 is 7.14. The lowest BCUT2D eigenvalue weighted by Crippen LogP contribution is -2.37. The standard InChI is InChI=1S/C19H21N7O2/c1-25(2)19-21-10-7-17(23-19)22-15-11-28-12-16(15)26-18(27)4-3-14(24-26)13-5-8-20-9-6-13/h3-10,15-16H,11-12H2,1-2H3,(H,21,22,23). The van der Waals surface area contributed by atoms with Gasteiger partial charge in [0.15, 0.2) is 0 Å². The monoisotopic (exact) mass is 379 g/mol. The summed E-state index contributed by atoms with van der Waals surface area (Å²) in [5.41, 5.74) is 1.44. The highest BCUT2D eigenvalue weighted by Gasteiger charge is 2.32. The van der Waals surface area contributed by atoms with Crippen LogP contribution in [0.15, 0.2) is 53.7 Å². The summed E-state index contributed by atoms with van der Waals surface area (Å²) in [6, 6.07) is 8.40. The van der Waals surface area contributed by atoms with E-state index in [1.54, 1.807) is 30.7 Å². The Bertz CT molecular complexity index is 1010. The highest BCUT2D eigenvalue weighted by Crippen LogP contribution is 2.23. The van der Waals surface area contributed by atoms with E-state index in [-0.39, 0.29) is 17.6 Å². The first-order chi connectivity index (χ1) is 13.6. The second-order valence-electron chi connectivity index (χ2n) is 6.73. The number of pyridine rings is 1. The molecule has 1 fully saturated rings. The molecule has 0 spiro atoms. The Kier molecular flexibility index (Phi) is 4.98. The highest BCUT2D eigenvalue weighted by molar-refractivity contribution is 5.57. The summed E-state index contributed by atoms with van der Waals surface area (Å²) in [5, 5.41) is 7.94. The summed E-state index contributed by atoms with van der Waals surface area (Å²) in [7, 11) is 3.77. The van der Waals surface area contributed by atoms with Crippen LogP contribution >= 0.6 is 0 Å². The Morgan fingerprint density at radius 1 is 1.11 bits per heavy atom. The van der Waals surface area contributed by atoms with E-state index in [0.29, 0.717) is 30.7 Å². The van der Waals surface area contributed by atoms with Crippen LogP contribution in [0.2, 0.25) is 0 Å². The van der Waals surface area contributed by atoms with Gasteiger partial charge in [0.1, 0.15) is 11.9 Å². The SMILES string of the molecule is CN(C)c1nccc(NC2COCC2n2nc(-c3ccncc3)ccc2=O)n1. The van der Waals surface area contributed by atoms with E-state index in [1.807, 2.05) is 31.1 Å². The van der Waals surface area contributed by atoms with Crippen molar-refractivity contribution in [1.29, 1.82) is 0 Å². The Labute approximate surface area is 162 Å². The van der Waals surface area contributed by atoms with Crippen LogP contribution < -0.4 is 15.8 Å². The molecule has 144 valence electrons. The number of nitrogens with zero attached hydrogens (tertiary/aromatic N) is 6. The van der Waals surface area contributed by atoms with Gasteiger partial charge in [0, 0.05) is 44.3 Å². The van der Waals surface area contributed by atoms with Crippen molar-refractivity contribution in [2.24, 2.45) is 0 Å². The predicted molar refractivity (Wildman–Crippen MR) is 105 cm³/mol. The topological polar surface area (TPSA) is 98.1 Å². The van der Waals surface area contributed by atoms with Crippen molar-refractivity contribution in [3.05, 3.63) is 59.3 Å². The number of anilines is 2. The Morgan fingerprint density at radius 2 is 1.93 bits per heavy atom. The van der Waals surface area contributed by atoms with Crippen molar-refractivity contribution in [1.82, 2.24) is 24.7 Å². The molecule has 0 aliphatic carbocycles. The van der Waals surface area contributed by atoms with Gasteiger partial charge in [-0.15, -0.1) is 0 Å². The molecule has 1 aliphatic rings. The first kappa shape index (κ1) is 18.1. The van der Waals surface area contributed by atoms with Crippen LogP contribution in [0, 0.1) is 0 Å². The maximum absolute atomic E-state index is 12.5. The molecule has 2 atom stereocenters. The van der Waals surface area contributed by atoms with Crippen LogP contribution in [0.25, 0.3) is 11.3 Å².